The molecular formula is C18H29NO3SSi. The van der Waals surface area contributed by atoms with E-state index in [2.05, 4.69) is 33.9 Å². The highest BCUT2D eigenvalue weighted by molar-refractivity contribution is 7.10. The van der Waals surface area contributed by atoms with Crippen LogP contribution in [0.3, 0.4) is 0 Å². The molecule has 0 aromatic carbocycles. The van der Waals surface area contributed by atoms with Gasteiger partial charge in [-0.2, -0.15) is 0 Å². The van der Waals surface area contributed by atoms with Crippen LogP contribution in [-0.4, -0.2) is 25.3 Å². The maximum atomic E-state index is 13.4. The topological polar surface area (TPSA) is 60.2 Å². The van der Waals surface area contributed by atoms with E-state index in [0.29, 0.717) is 5.78 Å². The van der Waals surface area contributed by atoms with Gasteiger partial charge in [-0.15, -0.1) is 11.3 Å². The molecule has 0 N–H and O–H groups in total. The van der Waals surface area contributed by atoms with Crippen molar-refractivity contribution < 1.29 is 9.72 Å². The number of carbonyl (C=O) groups excluding carboxylic acids is 1. The van der Waals surface area contributed by atoms with Crippen LogP contribution in [0.4, 0.5) is 0 Å². The molecule has 1 aromatic heterocycles. The van der Waals surface area contributed by atoms with Crippen LogP contribution in [0.5, 0.6) is 0 Å². The summed E-state index contributed by atoms with van der Waals surface area (Å²) < 4.78 is 0. The van der Waals surface area contributed by atoms with Gasteiger partial charge < -0.3 is 0 Å². The minimum atomic E-state index is -1.80. The predicted octanol–water partition coefficient (Wildman–Crippen LogP) is 5.36. The highest BCUT2D eigenvalue weighted by Crippen LogP contribution is 2.50. The lowest BCUT2D eigenvalue weighted by molar-refractivity contribution is -0.484. The Morgan fingerprint density at radius 3 is 2.54 bits per heavy atom. The molecule has 2 rings (SSSR count). The van der Waals surface area contributed by atoms with Gasteiger partial charge in [0.2, 0.25) is 6.54 Å². The number of Topliss-reactive ketones (excluding diaryl/α,β-unsaturated/α-hetero) is 1. The Labute approximate surface area is 149 Å². The summed E-state index contributed by atoms with van der Waals surface area (Å²) in [6, 6.07) is 3.87. The fourth-order valence-corrected chi connectivity index (χ4v) is 7.58. The van der Waals surface area contributed by atoms with Crippen molar-refractivity contribution in [3.63, 3.8) is 0 Å². The number of ketones is 1. The van der Waals surface area contributed by atoms with Crippen molar-refractivity contribution in [3.8, 4) is 0 Å². The number of nitro groups is 1. The number of nitrogens with zero attached hydrogens (tertiary/aromatic N) is 1. The summed E-state index contributed by atoms with van der Waals surface area (Å²) >= 11 is 1.54. The summed E-state index contributed by atoms with van der Waals surface area (Å²) in [4.78, 5) is 25.3. The van der Waals surface area contributed by atoms with Gasteiger partial charge in [-0.1, -0.05) is 46.4 Å². The van der Waals surface area contributed by atoms with Crippen molar-refractivity contribution >= 4 is 25.2 Å². The molecule has 0 saturated heterocycles. The van der Waals surface area contributed by atoms with Gasteiger partial charge in [-0.05, 0) is 29.3 Å². The van der Waals surface area contributed by atoms with Crippen LogP contribution >= 0.6 is 11.3 Å². The molecular weight excluding hydrogens is 338 g/mol. The van der Waals surface area contributed by atoms with Gasteiger partial charge in [-0.25, -0.2) is 0 Å². The Hall–Kier alpha value is -1.01. The van der Waals surface area contributed by atoms with Crippen molar-refractivity contribution in [1.29, 1.82) is 0 Å². The van der Waals surface area contributed by atoms with Gasteiger partial charge in [0.25, 0.3) is 0 Å². The van der Waals surface area contributed by atoms with Crippen LogP contribution in [0.25, 0.3) is 0 Å². The Kier molecular flexibility index (Phi) is 5.70. The third-order valence-electron chi connectivity index (χ3n) is 6.26. The summed E-state index contributed by atoms with van der Waals surface area (Å²) in [5.41, 5.74) is 0.116. The SMILES string of the molecule is CC(C)(C)[Si](C)(C)[C@@H]1CCC[C@@H]([C@@H](C[N+](=O)[O-])c2cccs2)C1=O. The first-order valence-electron chi connectivity index (χ1n) is 8.74. The van der Waals surface area contributed by atoms with E-state index in [1.807, 2.05) is 17.5 Å². The predicted molar refractivity (Wildman–Crippen MR) is 102 cm³/mol. The first-order chi connectivity index (χ1) is 11.1. The van der Waals surface area contributed by atoms with E-state index in [9.17, 15) is 14.9 Å². The van der Waals surface area contributed by atoms with Crippen LogP contribution in [0, 0.1) is 16.0 Å². The van der Waals surface area contributed by atoms with Crippen molar-refractivity contribution in [2.45, 2.75) is 69.6 Å². The van der Waals surface area contributed by atoms with Crippen LogP contribution in [-0.2, 0) is 4.79 Å². The third-order valence-corrected chi connectivity index (χ3v) is 13.4. The molecule has 1 saturated carbocycles. The van der Waals surface area contributed by atoms with Crippen molar-refractivity contribution in [3.05, 3.63) is 32.5 Å². The lowest BCUT2D eigenvalue weighted by Gasteiger charge is -2.46. The normalized spacial score (nSPS) is 24.0. The maximum absolute atomic E-state index is 13.4. The van der Waals surface area contributed by atoms with Gasteiger partial charge in [0, 0.05) is 21.3 Å². The summed E-state index contributed by atoms with van der Waals surface area (Å²) in [5.74, 6) is -0.157. The average Bonchev–Trinajstić information content (AvgIpc) is 2.97. The van der Waals surface area contributed by atoms with Crippen molar-refractivity contribution in [1.82, 2.24) is 0 Å². The molecule has 1 fully saturated rings. The molecule has 0 radical (unpaired) electrons. The molecule has 6 heteroatoms. The molecule has 1 aliphatic carbocycles. The molecule has 134 valence electrons. The maximum Gasteiger partial charge on any atom is 0.212 e. The highest BCUT2D eigenvalue weighted by Gasteiger charge is 2.50. The summed E-state index contributed by atoms with van der Waals surface area (Å²) in [7, 11) is -1.80. The number of hydrogen-bond acceptors (Lipinski definition) is 4. The average molecular weight is 368 g/mol. The minimum absolute atomic E-state index is 0.116. The van der Waals surface area contributed by atoms with Crippen LogP contribution in [0.1, 0.15) is 50.8 Å². The Bertz CT molecular complexity index is 592. The van der Waals surface area contributed by atoms with E-state index in [1.165, 1.54) is 11.3 Å². The van der Waals surface area contributed by atoms with Gasteiger partial charge >= 0.3 is 0 Å². The molecule has 0 aliphatic heterocycles. The Morgan fingerprint density at radius 1 is 1.38 bits per heavy atom. The monoisotopic (exact) mass is 367 g/mol. The van der Waals surface area contributed by atoms with E-state index in [1.54, 1.807) is 0 Å². The first kappa shape index (κ1) is 19.3. The van der Waals surface area contributed by atoms with Crippen LogP contribution in [0.2, 0.25) is 23.7 Å². The second-order valence-electron chi connectivity index (χ2n) is 8.60. The Balaban J connectivity index is 2.32. The minimum Gasteiger partial charge on any atom is -0.299 e. The molecule has 0 bridgehead atoms. The molecule has 0 unspecified atom stereocenters. The van der Waals surface area contributed by atoms with Crippen LogP contribution < -0.4 is 0 Å². The van der Waals surface area contributed by atoms with E-state index < -0.39 is 8.07 Å². The molecule has 0 amide bonds. The third kappa shape index (κ3) is 3.80. The zero-order valence-corrected chi connectivity index (χ0v) is 17.2. The molecule has 3 atom stereocenters. The van der Waals surface area contributed by atoms with E-state index in [0.717, 1.165) is 24.1 Å². The molecule has 1 aromatic rings. The van der Waals surface area contributed by atoms with Crippen LogP contribution in [0.15, 0.2) is 17.5 Å². The molecule has 1 aliphatic rings. The highest BCUT2D eigenvalue weighted by atomic mass is 32.1. The van der Waals surface area contributed by atoms with E-state index in [4.69, 9.17) is 0 Å². The number of hydrogen-bond donors (Lipinski definition) is 0. The molecule has 24 heavy (non-hydrogen) atoms. The fourth-order valence-electron chi connectivity index (χ4n) is 3.80. The zero-order chi connectivity index (χ0) is 18.1. The van der Waals surface area contributed by atoms with Gasteiger partial charge in [0.15, 0.2) is 0 Å². The molecule has 1 heterocycles. The zero-order valence-electron chi connectivity index (χ0n) is 15.4. The fraction of sp³-hybridized carbons (Fsp3) is 0.722. The van der Waals surface area contributed by atoms with Gasteiger partial charge in [0.1, 0.15) is 5.78 Å². The number of rotatable bonds is 5. The lowest BCUT2D eigenvalue weighted by Crippen LogP contribution is -2.49. The largest absolute Gasteiger partial charge is 0.299 e. The van der Waals surface area contributed by atoms with Gasteiger partial charge in [0.05, 0.1) is 14.0 Å². The number of thiophene rings is 1. The first-order valence-corrected chi connectivity index (χ1v) is 12.7. The molecule has 4 nitrogen and oxygen atoms in total. The summed E-state index contributed by atoms with van der Waals surface area (Å²) in [6.45, 7) is 11.2. The lowest BCUT2D eigenvalue weighted by atomic mass is 9.78. The standard InChI is InChI=1S/C18H29NO3SSi/c1-18(2,3)24(4,5)16-10-6-8-13(17(16)20)14(12-19(21)22)15-9-7-11-23-15/h7,9,11,13-14,16H,6,8,10,12H2,1-5H3/t13-,14+,16+/m0/s1. The van der Waals surface area contributed by atoms with E-state index in [-0.39, 0.29) is 33.9 Å². The quantitative estimate of drug-likeness (QED) is 0.400. The number of carbonyl (C=O) groups is 1. The van der Waals surface area contributed by atoms with E-state index >= 15 is 0 Å². The smallest absolute Gasteiger partial charge is 0.212 e. The summed E-state index contributed by atoms with van der Waals surface area (Å²) in [6.07, 6.45) is 2.76. The van der Waals surface area contributed by atoms with Crippen molar-refractivity contribution in [2.75, 3.05) is 6.54 Å². The molecule has 0 spiro atoms. The van der Waals surface area contributed by atoms with Crippen molar-refractivity contribution in [2.24, 2.45) is 5.92 Å². The Morgan fingerprint density at radius 2 is 2.04 bits per heavy atom. The second kappa shape index (κ2) is 7.08. The van der Waals surface area contributed by atoms with Gasteiger partial charge in [-0.3, -0.25) is 14.9 Å². The summed E-state index contributed by atoms with van der Waals surface area (Å²) in [5, 5.41) is 13.3. The second-order valence-corrected chi connectivity index (χ2v) is 15.2.